The summed E-state index contributed by atoms with van der Waals surface area (Å²) in [5.74, 6) is 1.96. The number of rotatable bonds is 4. The lowest BCUT2D eigenvalue weighted by atomic mass is 10.1. The van der Waals surface area contributed by atoms with Gasteiger partial charge in [0.1, 0.15) is 5.82 Å². The Hall–Kier alpha value is -1.14. The van der Waals surface area contributed by atoms with Crippen molar-refractivity contribution in [1.29, 1.82) is 0 Å². The number of carbonyl (C=O) groups excluding carboxylic acids is 1. The maximum Gasteiger partial charge on any atom is 0.164 e. The lowest BCUT2D eigenvalue weighted by molar-refractivity contribution is 0.0979. The Morgan fingerprint density at radius 3 is 2.93 bits per heavy atom. The summed E-state index contributed by atoms with van der Waals surface area (Å²) >= 11 is 3.05. The molecule has 0 saturated heterocycles. The van der Waals surface area contributed by atoms with Gasteiger partial charge in [0.15, 0.2) is 5.78 Å². The van der Waals surface area contributed by atoms with Gasteiger partial charge in [0.2, 0.25) is 0 Å². The normalized spacial score (nSPS) is 9.67. The number of hydrogen-bond acceptors (Lipinski definition) is 1. The first-order chi connectivity index (χ1) is 7.16. The first-order valence-corrected chi connectivity index (χ1v) is 5.36. The smallest absolute Gasteiger partial charge is 0.164 e. The van der Waals surface area contributed by atoms with Crippen LogP contribution in [0.15, 0.2) is 22.7 Å². The summed E-state index contributed by atoms with van der Waals surface area (Å²) < 4.78 is 13.3. The van der Waals surface area contributed by atoms with E-state index in [9.17, 15) is 9.18 Å². The van der Waals surface area contributed by atoms with Gasteiger partial charge in [-0.3, -0.25) is 4.79 Å². The first kappa shape index (κ1) is 11.9. The Morgan fingerprint density at radius 1 is 1.53 bits per heavy atom. The first-order valence-electron chi connectivity index (χ1n) is 4.57. The van der Waals surface area contributed by atoms with Gasteiger partial charge in [-0.15, -0.1) is 12.3 Å². The third-order valence-corrected chi connectivity index (χ3v) is 2.78. The third kappa shape index (κ3) is 3.17. The van der Waals surface area contributed by atoms with Gasteiger partial charge >= 0.3 is 0 Å². The predicted molar refractivity (Wildman–Crippen MR) is 61.1 cm³/mol. The highest BCUT2D eigenvalue weighted by Gasteiger charge is 2.12. The molecule has 0 saturated carbocycles. The topological polar surface area (TPSA) is 17.1 Å². The van der Waals surface area contributed by atoms with E-state index >= 15 is 0 Å². The Labute approximate surface area is 96.8 Å². The van der Waals surface area contributed by atoms with Gasteiger partial charge in [-0.25, -0.2) is 4.39 Å². The molecule has 15 heavy (non-hydrogen) atoms. The molecule has 0 N–H and O–H groups in total. The number of ketones is 1. The number of benzene rings is 1. The second kappa shape index (κ2) is 5.67. The quantitative estimate of drug-likeness (QED) is 0.464. The molecule has 0 bridgehead atoms. The summed E-state index contributed by atoms with van der Waals surface area (Å²) in [6.45, 7) is 0. The fraction of sp³-hybridized carbons (Fsp3) is 0.250. The van der Waals surface area contributed by atoms with E-state index in [4.69, 9.17) is 6.42 Å². The van der Waals surface area contributed by atoms with Gasteiger partial charge in [-0.1, -0.05) is 12.1 Å². The highest BCUT2D eigenvalue weighted by atomic mass is 79.9. The lowest BCUT2D eigenvalue weighted by Gasteiger charge is -2.03. The number of unbranched alkanes of at least 4 members (excludes halogenated alkanes) is 1. The minimum atomic E-state index is -0.419. The van der Waals surface area contributed by atoms with Crippen molar-refractivity contribution in [3.8, 4) is 12.3 Å². The van der Waals surface area contributed by atoms with Crippen molar-refractivity contribution in [3.63, 3.8) is 0 Å². The largest absolute Gasteiger partial charge is 0.294 e. The molecule has 0 aliphatic rings. The zero-order valence-corrected chi connectivity index (χ0v) is 9.68. The van der Waals surface area contributed by atoms with E-state index in [0.29, 0.717) is 24.8 Å². The van der Waals surface area contributed by atoms with Gasteiger partial charge in [0.05, 0.1) is 4.47 Å². The van der Waals surface area contributed by atoms with Gasteiger partial charge in [0.25, 0.3) is 0 Å². The lowest BCUT2D eigenvalue weighted by Crippen LogP contribution is -2.01. The van der Waals surface area contributed by atoms with Crippen molar-refractivity contribution in [3.05, 3.63) is 34.1 Å². The number of terminal acetylenes is 1. The van der Waals surface area contributed by atoms with Crippen molar-refractivity contribution in [2.45, 2.75) is 19.3 Å². The van der Waals surface area contributed by atoms with Gasteiger partial charge in [-0.05, 0) is 28.4 Å². The molecule has 78 valence electrons. The van der Waals surface area contributed by atoms with Crippen molar-refractivity contribution in [1.82, 2.24) is 0 Å². The second-order valence-electron chi connectivity index (χ2n) is 3.08. The van der Waals surface area contributed by atoms with E-state index in [1.54, 1.807) is 6.07 Å². The molecule has 1 aromatic rings. The Balaban J connectivity index is 2.75. The summed E-state index contributed by atoms with van der Waals surface area (Å²) in [6, 6.07) is 4.43. The summed E-state index contributed by atoms with van der Waals surface area (Å²) in [7, 11) is 0. The molecule has 0 heterocycles. The van der Waals surface area contributed by atoms with Gasteiger partial charge in [-0.2, -0.15) is 0 Å². The van der Waals surface area contributed by atoms with E-state index in [2.05, 4.69) is 21.9 Å². The molecule has 0 radical (unpaired) electrons. The van der Waals surface area contributed by atoms with Crippen LogP contribution in [-0.2, 0) is 0 Å². The van der Waals surface area contributed by atoms with Crippen LogP contribution in [0.1, 0.15) is 29.6 Å². The minimum Gasteiger partial charge on any atom is -0.294 e. The molecule has 0 spiro atoms. The average Bonchev–Trinajstić information content (AvgIpc) is 2.22. The minimum absolute atomic E-state index is 0.0865. The zero-order chi connectivity index (χ0) is 11.3. The van der Waals surface area contributed by atoms with E-state index in [0.717, 1.165) is 0 Å². The predicted octanol–water partition coefficient (Wildman–Crippen LogP) is 3.57. The molecule has 0 fully saturated rings. The third-order valence-electron chi connectivity index (χ3n) is 1.98. The summed E-state index contributed by atoms with van der Waals surface area (Å²) in [6.07, 6.45) is 6.64. The number of halogens is 2. The highest BCUT2D eigenvalue weighted by molar-refractivity contribution is 9.10. The number of carbonyl (C=O) groups is 1. The molecule has 0 unspecified atom stereocenters. The van der Waals surface area contributed by atoms with E-state index in [1.165, 1.54) is 12.1 Å². The summed E-state index contributed by atoms with van der Waals surface area (Å²) in [4.78, 5) is 11.6. The average molecular weight is 269 g/mol. The van der Waals surface area contributed by atoms with Crippen LogP contribution in [-0.4, -0.2) is 5.78 Å². The zero-order valence-electron chi connectivity index (χ0n) is 8.09. The molecule has 3 heteroatoms. The highest BCUT2D eigenvalue weighted by Crippen LogP contribution is 2.22. The van der Waals surface area contributed by atoms with E-state index < -0.39 is 5.82 Å². The van der Waals surface area contributed by atoms with E-state index in [1.807, 2.05) is 0 Å². The maximum absolute atomic E-state index is 13.1. The van der Waals surface area contributed by atoms with Crippen molar-refractivity contribution in [2.24, 2.45) is 0 Å². The monoisotopic (exact) mass is 268 g/mol. The summed E-state index contributed by atoms with van der Waals surface area (Å²) in [5.41, 5.74) is 0.382. The van der Waals surface area contributed by atoms with Crippen LogP contribution in [0.2, 0.25) is 0 Å². The molecular weight excluding hydrogens is 259 g/mol. The maximum atomic E-state index is 13.1. The number of hydrogen-bond donors (Lipinski definition) is 0. The molecule has 1 rings (SSSR count). The fourth-order valence-corrected chi connectivity index (χ4v) is 1.69. The van der Waals surface area contributed by atoms with Crippen molar-refractivity contribution in [2.75, 3.05) is 0 Å². The molecule has 0 aliphatic heterocycles. The molecule has 1 aromatic carbocycles. The van der Waals surface area contributed by atoms with Crippen molar-refractivity contribution >= 4 is 21.7 Å². The van der Waals surface area contributed by atoms with Crippen LogP contribution < -0.4 is 0 Å². The standard InChI is InChI=1S/C12H10BrFO/c1-2-3-4-8-11(15)9-6-5-7-10(14)12(9)13/h1,5-7H,3-4,8H2. The molecule has 0 amide bonds. The second-order valence-corrected chi connectivity index (χ2v) is 3.88. The van der Waals surface area contributed by atoms with Crippen LogP contribution in [0.4, 0.5) is 4.39 Å². The summed E-state index contributed by atoms with van der Waals surface area (Å²) in [5, 5.41) is 0. The molecule has 0 aromatic heterocycles. The Morgan fingerprint density at radius 2 is 2.27 bits per heavy atom. The van der Waals surface area contributed by atoms with Crippen LogP contribution in [0.25, 0.3) is 0 Å². The molecule has 0 aliphatic carbocycles. The molecule has 1 nitrogen and oxygen atoms in total. The van der Waals surface area contributed by atoms with Crippen LogP contribution in [0, 0.1) is 18.2 Å². The van der Waals surface area contributed by atoms with E-state index in [-0.39, 0.29) is 10.3 Å². The van der Waals surface area contributed by atoms with Gasteiger partial charge in [0, 0.05) is 18.4 Å². The van der Waals surface area contributed by atoms with Gasteiger partial charge < -0.3 is 0 Å². The molecular formula is C12H10BrFO. The van der Waals surface area contributed by atoms with Crippen LogP contribution >= 0.6 is 15.9 Å². The number of Topliss-reactive ketones (excluding diaryl/α,β-unsaturated/α-hetero) is 1. The van der Waals surface area contributed by atoms with Crippen LogP contribution in [0.3, 0.4) is 0 Å². The SMILES string of the molecule is C#CCCCC(=O)c1cccc(F)c1Br. The molecule has 0 atom stereocenters. The van der Waals surface area contributed by atoms with Crippen LogP contribution in [0.5, 0.6) is 0 Å². The Kier molecular flexibility index (Phi) is 4.51. The fourth-order valence-electron chi connectivity index (χ4n) is 1.20. The Bertz CT molecular complexity index is 407. The van der Waals surface area contributed by atoms with Crippen molar-refractivity contribution < 1.29 is 9.18 Å².